The molecule has 2 atom stereocenters. The number of hydrogen-bond acceptors (Lipinski definition) is 3. The largest absolute Gasteiger partial charge is 0.350 e. The van der Waals surface area contributed by atoms with Crippen molar-refractivity contribution in [3.05, 3.63) is 0 Å². The van der Waals surface area contributed by atoms with Gasteiger partial charge in [0.05, 0.1) is 12.2 Å². The van der Waals surface area contributed by atoms with Crippen LogP contribution in [0.5, 0.6) is 0 Å². The molecule has 4 nitrogen and oxygen atoms in total. The van der Waals surface area contributed by atoms with Crippen LogP contribution in [-0.2, 0) is 4.79 Å². The molecule has 3 aliphatic heterocycles. The fraction of sp³-hybridized carbons (Fsp3) is 0.889. The van der Waals surface area contributed by atoms with Gasteiger partial charge < -0.3 is 11.1 Å². The fourth-order valence-corrected chi connectivity index (χ4v) is 2.52. The first kappa shape index (κ1) is 8.97. The number of nitrogens with two attached hydrogens (primary N) is 1. The second-order valence-corrected chi connectivity index (χ2v) is 4.09. The summed E-state index contributed by atoms with van der Waals surface area (Å²) in [6.45, 7) is 3.76. The van der Waals surface area contributed by atoms with Gasteiger partial charge in [-0.1, -0.05) is 0 Å². The summed E-state index contributed by atoms with van der Waals surface area (Å²) >= 11 is 0. The molecule has 3 saturated heterocycles. The summed E-state index contributed by atoms with van der Waals surface area (Å²) in [4.78, 5) is 13.2. The predicted octanol–water partition coefficient (Wildman–Crippen LogP) is -0.498. The van der Waals surface area contributed by atoms with Crippen molar-refractivity contribution in [3.63, 3.8) is 0 Å². The third kappa shape index (κ3) is 1.56. The normalized spacial score (nSPS) is 43.2. The van der Waals surface area contributed by atoms with E-state index in [0.29, 0.717) is 5.92 Å². The fourth-order valence-electron chi connectivity index (χ4n) is 2.52. The number of nitrogens with one attached hydrogen (secondary N) is 1. The molecule has 0 aromatic heterocycles. The summed E-state index contributed by atoms with van der Waals surface area (Å²) in [5.41, 5.74) is 6.02. The molecule has 3 fully saturated rings. The van der Waals surface area contributed by atoms with Crippen LogP contribution >= 0.6 is 0 Å². The molecule has 0 spiro atoms. The second kappa shape index (κ2) is 3.27. The first-order valence-corrected chi connectivity index (χ1v) is 4.95. The van der Waals surface area contributed by atoms with E-state index in [4.69, 9.17) is 5.73 Å². The van der Waals surface area contributed by atoms with Crippen LogP contribution in [0, 0.1) is 5.92 Å². The highest BCUT2D eigenvalue weighted by atomic mass is 16.1. The zero-order chi connectivity index (χ0) is 9.42. The van der Waals surface area contributed by atoms with E-state index in [9.17, 15) is 4.79 Å². The lowest BCUT2D eigenvalue weighted by molar-refractivity contribution is -0.122. The highest BCUT2D eigenvalue weighted by Gasteiger charge is 2.40. The number of hydrogen-bond donors (Lipinski definition) is 2. The molecule has 3 N–H and O–H groups in total. The smallest absolute Gasteiger partial charge is 0.217 e. The van der Waals surface area contributed by atoms with E-state index >= 15 is 0 Å². The molecular formula is C9H17N3O. The monoisotopic (exact) mass is 183 g/mol. The first-order valence-electron chi connectivity index (χ1n) is 4.95. The lowest BCUT2D eigenvalue weighted by atomic mass is 9.82. The molecule has 1 amide bonds. The summed E-state index contributed by atoms with van der Waals surface area (Å²) in [6.07, 6.45) is 2.40. The Kier molecular flexibility index (Phi) is 2.26. The van der Waals surface area contributed by atoms with Crippen LogP contribution in [0.2, 0.25) is 0 Å². The molecule has 3 aliphatic rings. The van der Waals surface area contributed by atoms with Crippen LogP contribution < -0.4 is 11.1 Å². The van der Waals surface area contributed by atoms with Crippen molar-refractivity contribution in [3.8, 4) is 0 Å². The number of amides is 1. The highest BCUT2D eigenvalue weighted by molar-refractivity contribution is 5.73. The summed E-state index contributed by atoms with van der Waals surface area (Å²) in [5, 5.41) is 2.96. The van der Waals surface area contributed by atoms with Crippen molar-refractivity contribution in [1.29, 1.82) is 0 Å². The predicted molar refractivity (Wildman–Crippen MR) is 49.9 cm³/mol. The minimum absolute atomic E-state index is 0.0363. The number of piperidine rings is 3. The summed E-state index contributed by atoms with van der Waals surface area (Å²) in [7, 11) is 0. The molecule has 3 heterocycles. The number of rotatable bonds is 1. The Morgan fingerprint density at radius 3 is 2.54 bits per heavy atom. The van der Waals surface area contributed by atoms with Gasteiger partial charge in [-0.25, -0.2) is 0 Å². The maximum atomic E-state index is 10.9. The molecule has 0 aromatic rings. The zero-order valence-electron chi connectivity index (χ0n) is 7.99. The Morgan fingerprint density at radius 2 is 2.08 bits per heavy atom. The SMILES string of the molecule is CC(=O)NC1C2CCN(CC2)[C@@H]1N. The number of nitrogens with zero attached hydrogens (tertiary/aromatic N) is 1. The van der Waals surface area contributed by atoms with E-state index in [1.165, 1.54) is 12.8 Å². The molecule has 0 aromatic carbocycles. The average molecular weight is 183 g/mol. The average Bonchev–Trinajstić information content (AvgIpc) is 2.11. The Bertz CT molecular complexity index is 209. The van der Waals surface area contributed by atoms with Gasteiger partial charge in [0.1, 0.15) is 0 Å². The lowest BCUT2D eigenvalue weighted by Gasteiger charge is -2.49. The second-order valence-electron chi connectivity index (χ2n) is 4.09. The first-order chi connectivity index (χ1) is 6.18. The van der Waals surface area contributed by atoms with Crippen LogP contribution in [0.25, 0.3) is 0 Å². The Morgan fingerprint density at radius 1 is 1.46 bits per heavy atom. The third-order valence-electron chi connectivity index (χ3n) is 3.24. The van der Waals surface area contributed by atoms with Crippen molar-refractivity contribution in [2.75, 3.05) is 13.1 Å². The van der Waals surface area contributed by atoms with E-state index in [2.05, 4.69) is 10.2 Å². The van der Waals surface area contributed by atoms with Crippen molar-refractivity contribution in [2.45, 2.75) is 32.0 Å². The van der Waals surface area contributed by atoms with Gasteiger partial charge in [-0.15, -0.1) is 0 Å². The maximum Gasteiger partial charge on any atom is 0.217 e. The quantitative estimate of drug-likeness (QED) is 0.576. The van der Waals surface area contributed by atoms with Crippen LogP contribution in [0.15, 0.2) is 0 Å². The topological polar surface area (TPSA) is 58.4 Å². The molecule has 2 bridgehead atoms. The molecule has 3 rings (SSSR count). The van der Waals surface area contributed by atoms with E-state index in [1.807, 2.05) is 0 Å². The van der Waals surface area contributed by atoms with Gasteiger partial charge in [-0.2, -0.15) is 0 Å². The number of carbonyl (C=O) groups excluding carboxylic acids is 1. The molecule has 0 aliphatic carbocycles. The van der Waals surface area contributed by atoms with E-state index in [1.54, 1.807) is 6.92 Å². The van der Waals surface area contributed by atoms with Crippen molar-refractivity contribution in [1.82, 2.24) is 10.2 Å². The van der Waals surface area contributed by atoms with Gasteiger partial charge in [0.25, 0.3) is 0 Å². The molecule has 13 heavy (non-hydrogen) atoms. The Balaban J connectivity index is 2.05. The molecule has 4 heteroatoms. The summed E-state index contributed by atoms with van der Waals surface area (Å²) in [6, 6.07) is 0.181. The van der Waals surface area contributed by atoms with E-state index in [0.717, 1.165) is 13.1 Å². The zero-order valence-corrected chi connectivity index (χ0v) is 7.99. The van der Waals surface area contributed by atoms with E-state index in [-0.39, 0.29) is 18.1 Å². The molecule has 0 radical (unpaired) electrons. The highest BCUT2D eigenvalue weighted by Crippen LogP contribution is 2.29. The molecule has 1 unspecified atom stereocenters. The van der Waals surface area contributed by atoms with Crippen molar-refractivity contribution >= 4 is 5.91 Å². The van der Waals surface area contributed by atoms with E-state index < -0.39 is 0 Å². The van der Waals surface area contributed by atoms with Gasteiger partial charge in [-0.3, -0.25) is 9.69 Å². The maximum absolute atomic E-state index is 10.9. The number of fused-ring (bicyclic) bond motifs is 3. The lowest BCUT2D eigenvalue weighted by Crippen LogP contribution is -2.66. The van der Waals surface area contributed by atoms with Crippen molar-refractivity contribution < 1.29 is 4.79 Å². The number of carbonyl (C=O) groups is 1. The van der Waals surface area contributed by atoms with Gasteiger partial charge in [0.15, 0.2) is 0 Å². The molecule has 74 valence electrons. The summed E-state index contributed by atoms with van der Waals surface area (Å²) < 4.78 is 0. The van der Waals surface area contributed by atoms with Crippen LogP contribution in [0.3, 0.4) is 0 Å². The molecular weight excluding hydrogens is 166 g/mol. The standard InChI is InChI=1S/C9H17N3O/c1-6(13)11-8-7-2-4-12(5-3-7)9(8)10/h7-9H,2-5,10H2,1H3,(H,11,13)/t8?,9-/m0/s1. The minimum Gasteiger partial charge on any atom is -0.350 e. The third-order valence-corrected chi connectivity index (χ3v) is 3.24. The van der Waals surface area contributed by atoms with Crippen LogP contribution in [-0.4, -0.2) is 36.1 Å². The van der Waals surface area contributed by atoms with Crippen molar-refractivity contribution in [2.24, 2.45) is 11.7 Å². The van der Waals surface area contributed by atoms with Crippen LogP contribution in [0.1, 0.15) is 19.8 Å². The van der Waals surface area contributed by atoms with Gasteiger partial charge in [0.2, 0.25) is 5.91 Å². The summed E-state index contributed by atoms with van der Waals surface area (Å²) in [5.74, 6) is 0.637. The van der Waals surface area contributed by atoms with Gasteiger partial charge in [-0.05, 0) is 18.8 Å². The van der Waals surface area contributed by atoms with Gasteiger partial charge in [0, 0.05) is 20.0 Å². The van der Waals surface area contributed by atoms with Gasteiger partial charge >= 0.3 is 0 Å². The Hall–Kier alpha value is -0.610. The Labute approximate surface area is 78.5 Å². The van der Waals surface area contributed by atoms with Crippen LogP contribution in [0.4, 0.5) is 0 Å². The minimum atomic E-state index is 0.0363. The molecule has 0 saturated carbocycles.